The van der Waals surface area contributed by atoms with Crippen LogP contribution in [0.2, 0.25) is 0 Å². The summed E-state index contributed by atoms with van der Waals surface area (Å²) in [6.07, 6.45) is -22.6. The number of ether oxygens (including phenoxy) is 6. The van der Waals surface area contributed by atoms with Gasteiger partial charge in [0.1, 0.15) is 37.1 Å². The first-order valence-corrected chi connectivity index (χ1v) is 18.3. The third-order valence-corrected chi connectivity index (χ3v) is 8.06. The lowest BCUT2D eigenvalue weighted by Gasteiger charge is -2.45. The molecule has 1 saturated heterocycles. The monoisotopic (exact) mass is 756 g/mol. The van der Waals surface area contributed by atoms with E-state index in [1.807, 2.05) is 27.7 Å². The fourth-order valence-corrected chi connectivity index (χ4v) is 4.91. The summed E-state index contributed by atoms with van der Waals surface area (Å²) in [5.74, 6) is -4.55. The van der Waals surface area contributed by atoms with Crippen molar-refractivity contribution in [3.63, 3.8) is 0 Å². The van der Waals surface area contributed by atoms with Gasteiger partial charge in [0.15, 0.2) is 24.6 Å². The Morgan fingerprint density at radius 1 is 0.596 bits per heavy atom. The van der Waals surface area contributed by atoms with Gasteiger partial charge in [0, 0.05) is 31.1 Å². The van der Waals surface area contributed by atoms with Crippen molar-refractivity contribution >= 4 is 23.9 Å². The molecule has 0 aromatic rings. The molecule has 6 unspecified atom stereocenters. The summed E-state index contributed by atoms with van der Waals surface area (Å²) in [5.41, 5.74) is 0. The zero-order valence-electron chi connectivity index (χ0n) is 34.7. The highest BCUT2D eigenvalue weighted by Crippen LogP contribution is 2.32. The predicted octanol–water partition coefficient (Wildman–Crippen LogP) is 2.08. The van der Waals surface area contributed by atoms with Gasteiger partial charge in [-0.3, -0.25) is 19.2 Å². The molecule has 1 aliphatic heterocycles. The van der Waals surface area contributed by atoms with Crippen molar-refractivity contribution in [2.24, 2.45) is 0 Å². The van der Waals surface area contributed by atoms with E-state index in [1.54, 1.807) is 0 Å². The molecule has 6 N–H and O–H groups in total. The van der Waals surface area contributed by atoms with Gasteiger partial charge in [0.25, 0.3) is 0 Å². The molecule has 16 heteroatoms. The molecule has 0 spiro atoms. The maximum Gasteiger partial charge on any atom is 0.306 e. The molecule has 0 bridgehead atoms. The van der Waals surface area contributed by atoms with E-state index >= 15 is 0 Å². The SMILES string of the molecule is [2H]C(CCCC)C(=O)OC[C@H]1OC(OC(O)[C@@H](O)[C@@H](O)[C@H](O)[C@H](O)CO)[C@@H](OC(=O)C([2H])CCCC)[C@@H](OC(=O)C([2H])CCCC)[C@@H]1OC(=O)C([2H])CCCC. The van der Waals surface area contributed by atoms with Crippen LogP contribution in [0.4, 0.5) is 0 Å². The number of hydrogen-bond acceptors (Lipinski definition) is 16. The molecule has 304 valence electrons. The van der Waals surface area contributed by atoms with Gasteiger partial charge < -0.3 is 59.1 Å². The molecular weight excluding hydrogens is 688 g/mol. The van der Waals surface area contributed by atoms with Gasteiger partial charge in [-0.2, -0.15) is 0 Å². The van der Waals surface area contributed by atoms with Crippen LogP contribution in [0.15, 0.2) is 0 Å². The summed E-state index contributed by atoms with van der Waals surface area (Å²) >= 11 is 0. The summed E-state index contributed by atoms with van der Waals surface area (Å²) in [7, 11) is 0. The third kappa shape index (κ3) is 17.6. The molecule has 0 saturated carbocycles. The molecular formula is C36H64O16. The Morgan fingerprint density at radius 2 is 1.02 bits per heavy atom. The molecule has 1 fully saturated rings. The van der Waals surface area contributed by atoms with Gasteiger partial charge in [-0.1, -0.05) is 79.1 Å². The zero-order valence-corrected chi connectivity index (χ0v) is 30.7. The Bertz CT molecular complexity index is 1160. The average Bonchev–Trinajstić information content (AvgIpc) is 3.19. The maximum atomic E-state index is 13.4. The Labute approximate surface area is 312 Å². The fourth-order valence-electron chi connectivity index (χ4n) is 4.91. The number of carbonyl (C=O) groups excluding carboxylic acids is 4. The Hall–Kier alpha value is -2.44. The predicted molar refractivity (Wildman–Crippen MR) is 184 cm³/mol. The van der Waals surface area contributed by atoms with E-state index in [2.05, 4.69) is 0 Å². The molecule has 0 radical (unpaired) electrons. The Balaban J connectivity index is 3.87. The molecule has 16 nitrogen and oxygen atoms in total. The average molecular weight is 757 g/mol. The first-order valence-electron chi connectivity index (χ1n) is 20.6. The summed E-state index contributed by atoms with van der Waals surface area (Å²) < 4.78 is 67.0. The van der Waals surface area contributed by atoms with E-state index in [0.717, 1.165) is 0 Å². The van der Waals surface area contributed by atoms with Gasteiger partial charge in [-0.25, -0.2) is 0 Å². The van der Waals surface area contributed by atoms with E-state index < -0.39 is 124 Å². The lowest BCUT2D eigenvalue weighted by molar-refractivity contribution is -0.349. The highest BCUT2D eigenvalue weighted by atomic mass is 16.8. The second-order valence-corrected chi connectivity index (χ2v) is 12.5. The van der Waals surface area contributed by atoms with Crippen molar-refractivity contribution in [1.29, 1.82) is 0 Å². The number of carbonyl (C=O) groups is 4. The minimum absolute atomic E-state index is 0.0184. The lowest BCUT2D eigenvalue weighted by Crippen LogP contribution is -2.64. The molecule has 52 heavy (non-hydrogen) atoms. The second kappa shape index (κ2) is 27.2. The third-order valence-electron chi connectivity index (χ3n) is 8.06. The quantitative estimate of drug-likeness (QED) is 0.0380. The first-order chi connectivity index (χ1) is 26.5. The number of rotatable bonds is 28. The summed E-state index contributed by atoms with van der Waals surface area (Å²) in [4.78, 5) is 53.0. The number of esters is 4. The zero-order chi connectivity index (χ0) is 42.5. The summed E-state index contributed by atoms with van der Waals surface area (Å²) in [6, 6.07) is 0. The van der Waals surface area contributed by atoms with Gasteiger partial charge in [0.2, 0.25) is 6.29 Å². The smallest absolute Gasteiger partial charge is 0.306 e. The second-order valence-electron chi connectivity index (χ2n) is 12.5. The summed E-state index contributed by atoms with van der Waals surface area (Å²) in [6.45, 7) is 5.46. The fraction of sp³-hybridized carbons (Fsp3) is 0.889. The van der Waals surface area contributed by atoms with E-state index in [4.69, 9.17) is 39.0 Å². The molecule has 0 aromatic heterocycles. The minimum atomic E-state index is -2.56. The number of aliphatic hydroxyl groups excluding tert-OH is 6. The maximum absolute atomic E-state index is 13.4. The van der Waals surface area contributed by atoms with Crippen LogP contribution in [0.3, 0.4) is 0 Å². The van der Waals surface area contributed by atoms with E-state index in [-0.39, 0.29) is 25.7 Å². The van der Waals surface area contributed by atoms with Crippen LogP contribution in [0.25, 0.3) is 0 Å². The largest absolute Gasteiger partial charge is 0.463 e. The minimum Gasteiger partial charge on any atom is -0.463 e. The molecule has 0 amide bonds. The van der Waals surface area contributed by atoms with Crippen LogP contribution in [0, 0.1) is 0 Å². The Morgan fingerprint density at radius 3 is 1.46 bits per heavy atom. The van der Waals surface area contributed by atoms with Gasteiger partial charge in [-0.15, -0.1) is 0 Å². The number of aliphatic hydroxyl groups is 6. The van der Waals surface area contributed by atoms with Crippen LogP contribution in [0.1, 0.15) is 136 Å². The highest BCUT2D eigenvalue weighted by Gasteiger charge is 2.54. The first kappa shape index (κ1) is 40.7. The van der Waals surface area contributed by atoms with Crippen molar-refractivity contribution in [2.75, 3.05) is 13.2 Å². The topological polar surface area (TPSA) is 245 Å². The van der Waals surface area contributed by atoms with Crippen molar-refractivity contribution in [1.82, 2.24) is 0 Å². The van der Waals surface area contributed by atoms with Gasteiger partial charge >= 0.3 is 23.9 Å². The normalized spacial score (nSPS) is 26.7. The van der Waals surface area contributed by atoms with Crippen LogP contribution in [-0.2, 0) is 47.6 Å². The van der Waals surface area contributed by atoms with Crippen molar-refractivity contribution in [3.8, 4) is 0 Å². The van der Waals surface area contributed by atoms with E-state index in [1.165, 1.54) is 0 Å². The molecule has 0 aliphatic carbocycles. The number of hydrogen-bond donors (Lipinski definition) is 6. The number of unbranched alkanes of at least 4 members (excludes halogenated alkanes) is 4. The van der Waals surface area contributed by atoms with E-state index in [0.29, 0.717) is 51.4 Å². The molecule has 1 aliphatic rings. The molecule has 1 heterocycles. The highest BCUT2D eigenvalue weighted by molar-refractivity contribution is 5.72. The van der Waals surface area contributed by atoms with Crippen LogP contribution in [-0.4, -0.2) is 129 Å². The van der Waals surface area contributed by atoms with Crippen LogP contribution >= 0.6 is 0 Å². The molecule has 1 rings (SSSR count). The standard InChI is InChI=1S/C36H64O16/c1-5-9-13-17-25(39)47-22-24-32(49-26(40)18-14-10-6-2)33(50-27(41)19-15-11-7-3)34(51-28(42)20-16-12-8-4)36(48-24)52-35(46)31(45)30(44)29(43)23(38)21-37/h23-24,29-38,43-46H,5-22H2,1-4H3/t23-,24-,29-,30+,31+,32-,33+,34+,35?,36?/m1/s1/i17D,18D,19D,20D/t17?,18?,19?,20?,23-,24-,29-,30+,31+,32-,33+,34+,35?,36?. The molecule has 14 atom stereocenters. The Kier molecular flexibility index (Phi) is 21.3. The van der Waals surface area contributed by atoms with Crippen molar-refractivity contribution in [2.45, 2.75) is 192 Å². The van der Waals surface area contributed by atoms with Crippen molar-refractivity contribution in [3.05, 3.63) is 0 Å². The van der Waals surface area contributed by atoms with Crippen molar-refractivity contribution < 1.29 is 83.7 Å². The molecule has 0 aromatic carbocycles. The van der Waals surface area contributed by atoms with Crippen LogP contribution < -0.4 is 0 Å². The lowest BCUT2D eigenvalue weighted by atomic mass is 9.97. The van der Waals surface area contributed by atoms with Gasteiger partial charge in [0.05, 0.1) is 6.61 Å². The van der Waals surface area contributed by atoms with Gasteiger partial charge in [-0.05, 0) is 25.7 Å². The summed E-state index contributed by atoms with van der Waals surface area (Å²) in [5, 5.41) is 61.1. The van der Waals surface area contributed by atoms with E-state index in [9.17, 15) is 44.7 Å². The van der Waals surface area contributed by atoms with Crippen LogP contribution in [0.5, 0.6) is 0 Å².